The smallest absolute Gasteiger partial charge is 0.293 e. The molecule has 1 unspecified atom stereocenters. The fraction of sp³-hybridized carbons (Fsp3) is 0.300. The molecule has 1 atom stereocenters. The number of benzene rings is 2. The fourth-order valence-electron chi connectivity index (χ4n) is 3.39. The lowest BCUT2D eigenvalue weighted by molar-refractivity contribution is -0.607. The average Bonchev–Trinajstić information content (AvgIpc) is 3.13. The molecule has 0 aromatic heterocycles. The molecular weight excluding hydrogens is 300 g/mol. The van der Waals surface area contributed by atoms with E-state index in [4.69, 9.17) is 4.74 Å². The number of unbranched alkanes of at least 4 members (excludes halogenated alkanes) is 1. The molecule has 0 radical (unpaired) electrons. The van der Waals surface area contributed by atoms with Gasteiger partial charge in [0.15, 0.2) is 0 Å². The van der Waals surface area contributed by atoms with E-state index < -0.39 is 0 Å². The van der Waals surface area contributed by atoms with Crippen molar-refractivity contribution in [1.29, 1.82) is 0 Å². The van der Waals surface area contributed by atoms with Crippen LogP contribution in [0.1, 0.15) is 37.3 Å². The van der Waals surface area contributed by atoms with Crippen molar-refractivity contribution in [3.8, 4) is 11.1 Å². The molecule has 4 heteroatoms. The standard InChI is InChI=1S/C20H20N2O2/c1-2-3-12-24-19-13-18(23)21-22(19)20-16-10-6-4-8-14(16)15-9-5-7-11-17(15)20/h4-11,19H,2-3,12-13H2,1H3. The minimum absolute atomic E-state index is 0.120. The number of hydrazone groups is 1. The van der Waals surface area contributed by atoms with Crippen molar-refractivity contribution in [2.24, 2.45) is 5.10 Å². The first-order chi connectivity index (χ1) is 11.8. The molecule has 0 N–H and O–H groups in total. The second kappa shape index (κ2) is 6.21. The van der Waals surface area contributed by atoms with E-state index in [1.807, 2.05) is 24.3 Å². The maximum Gasteiger partial charge on any atom is 0.293 e. The first kappa shape index (κ1) is 15.1. The van der Waals surface area contributed by atoms with E-state index in [-0.39, 0.29) is 12.1 Å². The van der Waals surface area contributed by atoms with Gasteiger partial charge in [-0.15, -0.1) is 0 Å². The number of hydrogen-bond donors (Lipinski definition) is 0. The molecule has 4 rings (SSSR count). The summed E-state index contributed by atoms with van der Waals surface area (Å²) in [6.45, 7) is 2.78. The summed E-state index contributed by atoms with van der Waals surface area (Å²) in [7, 11) is 0. The van der Waals surface area contributed by atoms with Crippen molar-refractivity contribution in [2.45, 2.75) is 32.4 Å². The van der Waals surface area contributed by atoms with Crippen molar-refractivity contribution < 1.29 is 14.5 Å². The Hall–Kier alpha value is -2.46. The topological polar surface area (TPSA) is 47.7 Å². The van der Waals surface area contributed by atoms with E-state index >= 15 is 0 Å². The van der Waals surface area contributed by atoms with Crippen LogP contribution in [0.2, 0.25) is 0 Å². The first-order valence-electron chi connectivity index (χ1n) is 8.51. The highest BCUT2D eigenvalue weighted by molar-refractivity contribution is 6.22. The summed E-state index contributed by atoms with van der Waals surface area (Å²) < 4.78 is 7.75. The van der Waals surface area contributed by atoms with Crippen LogP contribution in [-0.4, -0.2) is 29.1 Å². The number of rotatable bonds is 4. The van der Waals surface area contributed by atoms with E-state index in [0.29, 0.717) is 13.0 Å². The van der Waals surface area contributed by atoms with Crippen LogP contribution < -0.4 is 5.11 Å². The van der Waals surface area contributed by atoms with Gasteiger partial charge in [-0.3, -0.25) is 0 Å². The molecular formula is C20H20N2O2. The van der Waals surface area contributed by atoms with E-state index in [0.717, 1.165) is 29.7 Å². The van der Waals surface area contributed by atoms with Gasteiger partial charge in [0.2, 0.25) is 5.71 Å². The van der Waals surface area contributed by atoms with Crippen molar-refractivity contribution in [3.63, 3.8) is 0 Å². The molecule has 0 saturated heterocycles. The highest BCUT2D eigenvalue weighted by Crippen LogP contribution is 2.37. The molecule has 1 aliphatic heterocycles. The predicted octanol–water partition coefficient (Wildman–Crippen LogP) is 2.74. The lowest BCUT2D eigenvalue weighted by atomic mass is 10.1. The van der Waals surface area contributed by atoms with Crippen LogP contribution in [0.4, 0.5) is 0 Å². The van der Waals surface area contributed by atoms with Gasteiger partial charge >= 0.3 is 0 Å². The summed E-state index contributed by atoms with van der Waals surface area (Å²) in [5.41, 5.74) is 5.57. The molecule has 0 fully saturated rings. The van der Waals surface area contributed by atoms with Crippen LogP contribution >= 0.6 is 0 Å². The molecule has 1 aliphatic carbocycles. The third-order valence-corrected chi connectivity index (χ3v) is 4.53. The molecule has 2 aromatic rings. The van der Waals surface area contributed by atoms with E-state index in [1.165, 1.54) is 11.1 Å². The Labute approximate surface area is 141 Å². The maximum atomic E-state index is 12.0. The van der Waals surface area contributed by atoms with Gasteiger partial charge < -0.3 is 9.84 Å². The number of fused-ring (bicyclic) bond motifs is 3. The SMILES string of the molecule is CCCCOC1CC([O-])=N[N+]1=C1c2ccccc2-c2ccccc21. The third kappa shape index (κ3) is 2.43. The second-order valence-corrected chi connectivity index (χ2v) is 6.16. The lowest BCUT2D eigenvalue weighted by Gasteiger charge is -2.09. The van der Waals surface area contributed by atoms with Gasteiger partial charge in [0.25, 0.3) is 6.23 Å². The molecule has 4 nitrogen and oxygen atoms in total. The lowest BCUT2D eigenvalue weighted by Crippen LogP contribution is -2.28. The first-order valence-corrected chi connectivity index (χ1v) is 8.51. The fourth-order valence-corrected chi connectivity index (χ4v) is 3.39. The maximum absolute atomic E-state index is 12.0. The van der Waals surface area contributed by atoms with Gasteiger partial charge in [0.05, 0.1) is 24.2 Å². The Morgan fingerprint density at radius 3 is 2.21 bits per heavy atom. The van der Waals surface area contributed by atoms with Crippen LogP contribution in [-0.2, 0) is 4.74 Å². The Morgan fingerprint density at radius 1 is 1.04 bits per heavy atom. The summed E-state index contributed by atoms with van der Waals surface area (Å²) in [4.78, 5) is 0. The minimum atomic E-state index is -0.307. The number of ether oxygens (including phenoxy) is 1. The number of hydrogen-bond acceptors (Lipinski definition) is 3. The zero-order valence-electron chi connectivity index (χ0n) is 13.7. The highest BCUT2D eigenvalue weighted by atomic mass is 16.5. The summed E-state index contributed by atoms with van der Waals surface area (Å²) in [5, 5.41) is 16.2. The van der Waals surface area contributed by atoms with Crippen molar-refractivity contribution in [1.82, 2.24) is 0 Å². The molecule has 0 bridgehead atoms. The van der Waals surface area contributed by atoms with Crippen LogP contribution in [0.15, 0.2) is 53.6 Å². The molecule has 24 heavy (non-hydrogen) atoms. The van der Waals surface area contributed by atoms with Gasteiger partial charge in [0.1, 0.15) is 0 Å². The third-order valence-electron chi connectivity index (χ3n) is 4.53. The average molecular weight is 320 g/mol. The summed E-state index contributed by atoms with van der Waals surface area (Å²) in [6.07, 6.45) is 2.07. The van der Waals surface area contributed by atoms with Gasteiger partial charge in [0, 0.05) is 5.90 Å². The molecule has 1 heterocycles. The zero-order chi connectivity index (χ0) is 16.5. The van der Waals surface area contributed by atoms with Gasteiger partial charge in [-0.1, -0.05) is 54.4 Å². The molecule has 0 spiro atoms. The molecule has 2 aliphatic rings. The van der Waals surface area contributed by atoms with E-state index in [1.54, 1.807) is 4.68 Å². The minimum Gasteiger partial charge on any atom is -0.857 e. The van der Waals surface area contributed by atoms with Gasteiger partial charge in [-0.2, -0.15) is 0 Å². The van der Waals surface area contributed by atoms with Crippen LogP contribution in [0, 0.1) is 0 Å². The molecule has 0 saturated carbocycles. The van der Waals surface area contributed by atoms with Crippen LogP contribution in [0.25, 0.3) is 11.1 Å². The van der Waals surface area contributed by atoms with E-state index in [9.17, 15) is 5.11 Å². The number of nitrogens with zero attached hydrogens (tertiary/aromatic N) is 2. The largest absolute Gasteiger partial charge is 0.857 e. The molecule has 2 aromatic carbocycles. The Kier molecular flexibility index (Phi) is 3.90. The van der Waals surface area contributed by atoms with Crippen LogP contribution in [0.3, 0.4) is 0 Å². The van der Waals surface area contributed by atoms with E-state index in [2.05, 4.69) is 36.3 Å². The summed E-state index contributed by atoms with van der Waals surface area (Å²) >= 11 is 0. The van der Waals surface area contributed by atoms with Crippen molar-refractivity contribution in [3.05, 3.63) is 59.7 Å². The molecule has 0 amide bonds. The monoisotopic (exact) mass is 320 g/mol. The van der Waals surface area contributed by atoms with Gasteiger partial charge in [-0.25, -0.2) is 0 Å². The second-order valence-electron chi connectivity index (χ2n) is 6.16. The summed E-state index contributed by atoms with van der Waals surface area (Å²) in [5.74, 6) is -0.120. The Balaban J connectivity index is 1.85. The Morgan fingerprint density at radius 2 is 1.62 bits per heavy atom. The normalized spacial score (nSPS) is 18.5. The van der Waals surface area contributed by atoms with Crippen molar-refractivity contribution >= 4 is 11.6 Å². The molecule has 122 valence electrons. The van der Waals surface area contributed by atoms with Crippen molar-refractivity contribution in [2.75, 3.05) is 6.61 Å². The summed E-state index contributed by atoms with van der Waals surface area (Å²) in [6, 6.07) is 16.5. The predicted molar refractivity (Wildman–Crippen MR) is 92.0 cm³/mol. The quantitative estimate of drug-likeness (QED) is 0.548. The zero-order valence-corrected chi connectivity index (χ0v) is 13.7. The highest BCUT2D eigenvalue weighted by Gasteiger charge is 2.38. The van der Waals surface area contributed by atoms with Gasteiger partial charge in [-0.05, 0) is 34.8 Å². The Bertz CT molecular complexity index is 792. The van der Waals surface area contributed by atoms with Crippen LogP contribution in [0.5, 0.6) is 0 Å².